The molecule has 2 amide bonds. The molecule has 0 saturated heterocycles. The van der Waals surface area contributed by atoms with Gasteiger partial charge in [0.05, 0.1) is 22.5 Å². The van der Waals surface area contributed by atoms with Crippen LogP contribution in [0, 0.1) is 6.92 Å². The first-order valence-electron chi connectivity index (χ1n) is 11.6. The molecule has 0 heterocycles. The van der Waals surface area contributed by atoms with Crippen molar-refractivity contribution < 1.29 is 14.4 Å². The van der Waals surface area contributed by atoms with E-state index in [0.717, 1.165) is 16.2 Å². The molecule has 180 valence electrons. The Hall–Kier alpha value is -4.16. The predicted octanol–water partition coefficient (Wildman–Crippen LogP) is 6.84. The largest absolute Gasteiger partial charge is 0.321 e. The molecule has 0 saturated carbocycles. The highest BCUT2D eigenvalue weighted by atomic mass is 32.2. The second kappa shape index (κ2) is 11.5. The van der Waals surface area contributed by atoms with Crippen molar-refractivity contribution in [2.45, 2.75) is 18.7 Å². The summed E-state index contributed by atoms with van der Waals surface area (Å²) < 4.78 is 0. The molecule has 4 aromatic rings. The molecule has 0 aromatic heterocycles. The third kappa shape index (κ3) is 5.73. The third-order valence-electron chi connectivity index (χ3n) is 5.56. The lowest BCUT2D eigenvalue weighted by Gasteiger charge is -2.15. The fraction of sp³-hybridized carbons (Fsp3) is 0.100. The molecule has 4 aromatic carbocycles. The average molecular weight is 495 g/mol. The van der Waals surface area contributed by atoms with Crippen LogP contribution in [0.1, 0.15) is 49.1 Å². The Morgan fingerprint density at radius 1 is 0.667 bits per heavy atom. The van der Waals surface area contributed by atoms with Crippen LogP contribution in [-0.4, -0.2) is 23.4 Å². The number of thioether (sulfide) groups is 1. The van der Waals surface area contributed by atoms with Gasteiger partial charge in [-0.05, 0) is 49.1 Å². The second-order valence-corrected chi connectivity index (χ2v) is 9.43. The summed E-state index contributed by atoms with van der Waals surface area (Å²) in [6.07, 6.45) is 0. The van der Waals surface area contributed by atoms with Gasteiger partial charge in [0.1, 0.15) is 0 Å². The summed E-state index contributed by atoms with van der Waals surface area (Å²) in [7, 11) is 0. The minimum atomic E-state index is -0.423. The fourth-order valence-electron chi connectivity index (χ4n) is 3.80. The number of benzene rings is 4. The van der Waals surface area contributed by atoms with Gasteiger partial charge in [-0.25, -0.2) is 0 Å². The minimum Gasteiger partial charge on any atom is -0.321 e. The van der Waals surface area contributed by atoms with E-state index in [-0.39, 0.29) is 11.7 Å². The molecule has 0 fully saturated rings. The number of amides is 2. The number of ketones is 1. The van der Waals surface area contributed by atoms with Gasteiger partial charge in [-0.15, -0.1) is 11.8 Å². The molecule has 4 rings (SSSR count). The van der Waals surface area contributed by atoms with Crippen LogP contribution in [0.15, 0.2) is 102 Å². The number of para-hydroxylation sites is 1. The minimum absolute atomic E-state index is 0.179. The number of carbonyl (C=O) groups is 3. The van der Waals surface area contributed by atoms with E-state index in [4.69, 9.17) is 0 Å². The lowest BCUT2D eigenvalue weighted by Crippen LogP contribution is -2.20. The van der Waals surface area contributed by atoms with Gasteiger partial charge in [0, 0.05) is 16.0 Å². The number of hydrogen-bond acceptors (Lipinski definition) is 4. The van der Waals surface area contributed by atoms with Crippen molar-refractivity contribution in [2.75, 3.05) is 16.4 Å². The molecule has 0 aliphatic heterocycles. The molecule has 0 aliphatic carbocycles. The van der Waals surface area contributed by atoms with Crippen molar-refractivity contribution in [3.8, 4) is 0 Å². The van der Waals surface area contributed by atoms with Crippen LogP contribution in [0.25, 0.3) is 0 Å². The van der Waals surface area contributed by atoms with Crippen LogP contribution in [0.2, 0.25) is 0 Å². The number of anilines is 2. The SMILES string of the molecule is CCSc1ccccc1C(=O)Nc1ccccc1C(=O)Nc1ccc(C)cc1C(=O)c1ccccc1. The highest BCUT2D eigenvalue weighted by molar-refractivity contribution is 7.99. The Morgan fingerprint density at radius 3 is 1.97 bits per heavy atom. The maximum atomic E-state index is 13.3. The van der Waals surface area contributed by atoms with E-state index < -0.39 is 5.91 Å². The number of nitrogens with one attached hydrogen (secondary N) is 2. The summed E-state index contributed by atoms with van der Waals surface area (Å²) in [5, 5.41) is 5.76. The molecular formula is C30H26N2O3S. The van der Waals surface area contributed by atoms with E-state index >= 15 is 0 Å². The van der Waals surface area contributed by atoms with E-state index in [9.17, 15) is 14.4 Å². The monoisotopic (exact) mass is 494 g/mol. The Labute approximate surface area is 214 Å². The average Bonchev–Trinajstić information content (AvgIpc) is 2.90. The van der Waals surface area contributed by atoms with Crippen molar-refractivity contribution in [1.29, 1.82) is 0 Å². The van der Waals surface area contributed by atoms with Crippen LogP contribution < -0.4 is 10.6 Å². The normalized spacial score (nSPS) is 10.5. The predicted molar refractivity (Wildman–Crippen MR) is 146 cm³/mol. The Balaban J connectivity index is 1.61. The van der Waals surface area contributed by atoms with Gasteiger partial charge in [-0.1, -0.05) is 73.2 Å². The standard InChI is InChI=1S/C30H26N2O3S/c1-3-36-27-16-10-8-14-23(27)30(35)31-25-15-9-7-13-22(25)29(34)32-26-18-17-20(2)19-24(26)28(33)21-11-5-4-6-12-21/h4-19H,3H2,1-2H3,(H,31,35)(H,32,34). The quantitative estimate of drug-likeness (QED) is 0.208. The number of aryl methyl sites for hydroxylation is 1. The zero-order chi connectivity index (χ0) is 25.5. The van der Waals surface area contributed by atoms with Gasteiger partial charge in [0.25, 0.3) is 11.8 Å². The first kappa shape index (κ1) is 24.9. The van der Waals surface area contributed by atoms with E-state index in [1.807, 2.05) is 44.2 Å². The number of rotatable bonds is 8. The van der Waals surface area contributed by atoms with Crippen LogP contribution in [0.3, 0.4) is 0 Å². The molecule has 0 atom stereocenters. The van der Waals surface area contributed by atoms with E-state index in [1.165, 1.54) is 0 Å². The first-order chi connectivity index (χ1) is 17.5. The van der Waals surface area contributed by atoms with Crippen molar-refractivity contribution >= 4 is 40.7 Å². The third-order valence-corrected chi connectivity index (χ3v) is 6.51. The van der Waals surface area contributed by atoms with Crippen molar-refractivity contribution in [3.05, 3.63) is 125 Å². The lowest BCUT2D eigenvalue weighted by atomic mass is 9.99. The molecule has 0 radical (unpaired) electrons. The summed E-state index contributed by atoms with van der Waals surface area (Å²) in [5.74, 6) is -0.0551. The maximum Gasteiger partial charge on any atom is 0.257 e. The van der Waals surface area contributed by atoms with Crippen LogP contribution in [0.5, 0.6) is 0 Å². The van der Waals surface area contributed by atoms with Crippen LogP contribution in [-0.2, 0) is 0 Å². The van der Waals surface area contributed by atoms with Gasteiger partial charge >= 0.3 is 0 Å². The van der Waals surface area contributed by atoms with Crippen molar-refractivity contribution in [1.82, 2.24) is 0 Å². The highest BCUT2D eigenvalue weighted by Crippen LogP contribution is 2.26. The Bertz CT molecular complexity index is 1420. The summed E-state index contributed by atoms with van der Waals surface area (Å²) >= 11 is 1.58. The molecule has 2 N–H and O–H groups in total. The van der Waals surface area contributed by atoms with Gasteiger partial charge in [0.2, 0.25) is 0 Å². The van der Waals surface area contributed by atoms with E-state index in [0.29, 0.717) is 33.6 Å². The molecule has 5 nitrogen and oxygen atoms in total. The zero-order valence-electron chi connectivity index (χ0n) is 20.1. The smallest absolute Gasteiger partial charge is 0.257 e. The molecular weight excluding hydrogens is 468 g/mol. The van der Waals surface area contributed by atoms with E-state index in [1.54, 1.807) is 78.5 Å². The molecule has 0 spiro atoms. The van der Waals surface area contributed by atoms with Gasteiger partial charge < -0.3 is 10.6 Å². The molecule has 0 aliphatic rings. The Kier molecular flexibility index (Phi) is 7.98. The fourth-order valence-corrected chi connectivity index (χ4v) is 4.61. The molecule has 0 bridgehead atoms. The van der Waals surface area contributed by atoms with E-state index in [2.05, 4.69) is 10.6 Å². The van der Waals surface area contributed by atoms with Crippen molar-refractivity contribution in [3.63, 3.8) is 0 Å². The Morgan fingerprint density at radius 2 is 1.25 bits per heavy atom. The molecule has 6 heteroatoms. The summed E-state index contributed by atoms with van der Waals surface area (Å²) in [6.45, 7) is 3.92. The number of carbonyl (C=O) groups excluding carboxylic acids is 3. The second-order valence-electron chi connectivity index (χ2n) is 8.13. The van der Waals surface area contributed by atoms with Gasteiger partial charge in [-0.2, -0.15) is 0 Å². The van der Waals surface area contributed by atoms with Crippen LogP contribution >= 0.6 is 11.8 Å². The number of hydrogen-bond donors (Lipinski definition) is 2. The summed E-state index contributed by atoms with van der Waals surface area (Å²) in [5.41, 5.74) is 3.49. The zero-order valence-corrected chi connectivity index (χ0v) is 20.9. The van der Waals surface area contributed by atoms with Gasteiger partial charge in [0.15, 0.2) is 5.78 Å². The topological polar surface area (TPSA) is 75.3 Å². The molecule has 36 heavy (non-hydrogen) atoms. The lowest BCUT2D eigenvalue weighted by molar-refractivity contribution is 0.102. The van der Waals surface area contributed by atoms with Gasteiger partial charge in [-0.3, -0.25) is 14.4 Å². The summed E-state index contributed by atoms with van der Waals surface area (Å²) in [4.78, 5) is 40.5. The highest BCUT2D eigenvalue weighted by Gasteiger charge is 2.19. The summed E-state index contributed by atoms with van der Waals surface area (Å²) in [6, 6.07) is 28.5. The molecule has 0 unspecified atom stereocenters. The maximum absolute atomic E-state index is 13.3. The van der Waals surface area contributed by atoms with Crippen LogP contribution in [0.4, 0.5) is 11.4 Å². The first-order valence-corrected chi connectivity index (χ1v) is 12.6. The van der Waals surface area contributed by atoms with Crippen molar-refractivity contribution in [2.24, 2.45) is 0 Å².